The second-order valence-electron chi connectivity index (χ2n) is 14.5. The molecule has 0 amide bonds. The van der Waals surface area contributed by atoms with E-state index >= 15 is 0 Å². The molecule has 2 unspecified atom stereocenters. The normalized spacial score (nSPS) is 17.1. The molecule has 0 radical (unpaired) electrons. The molecule has 1 N–H and O–H groups in total. The van der Waals surface area contributed by atoms with Gasteiger partial charge < -0.3 is 9.73 Å². The summed E-state index contributed by atoms with van der Waals surface area (Å²) in [6, 6.07) is 58.0. The molecule has 0 spiro atoms. The molecule has 55 heavy (non-hydrogen) atoms. The zero-order valence-corrected chi connectivity index (χ0v) is 30.0. The van der Waals surface area contributed by atoms with Gasteiger partial charge in [-0.2, -0.15) is 0 Å². The first-order chi connectivity index (χ1) is 27.2. The first-order valence-corrected chi connectivity index (χ1v) is 18.9. The lowest BCUT2D eigenvalue weighted by atomic mass is 9.86. The van der Waals surface area contributed by atoms with Gasteiger partial charge >= 0.3 is 0 Å². The van der Waals surface area contributed by atoms with E-state index in [9.17, 15) is 0 Å². The Morgan fingerprint density at radius 2 is 1.27 bits per heavy atom. The molecule has 0 fully saturated rings. The van der Waals surface area contributed by atoms with E-state index in [0.717, 1.165) is 56.7 Å². The lowest BCUT2D eigenvalue weighted by Gasteiger charge is -2.24. The monoisotopic (exact) mass is 705 g/mol. The Morgan fingerprint density at radius 1 is 0.545 bits per heavy atom. The van der Waals surface area contributed by atoms with Gasteiger partial charge in [-0.05, 0) is 73.6 Å². The number of allylic oxidation sites excluding steroid dienone is 4. The molecule has 2 atom stereocenters. The predicted octanol–water partition coefficient (Wildman–Crippen LogP) is 12.7. The summed E-state index contributed by atoms with van der Waals surface area (Å²) in [5.41, 5.74) is 8.48. The molecule has 2 heterocycles. The largest absolute Gasteiger partial charge is 0.456 e. The molecule has 8 aromatic carbocycles. The minimum absolute atomic E-state index is 0.165. The van der Waals surface area contributed by atoms with Crippen LogP contribution in [-0.2, 0) is 0 Å². The summed E-state index contributed by atoms with van der Waals surface area (Å²) < 4.78 is 6.77. The number of nitrogens with one attached hydrogen (secondary N) is 1. The van der Waals surface area contributed by atoms with Gasteiger partial charge in [0, 0.05) is 33.4 Å². The second kappa shape index (κ2) is 12.8. The average Bonchev–Trinajstić information content (AvgIpc) is 3.66. The summed E-state index contributed by atoms with van der Waals surface area (Å²) in [5.74, 6) is 1.74. The van der Waals surface area contributed by atoms with E-state index in [0.29, 0.717) is 0 Å². The Labute approximate surface area is 318 Å². The van der Waals surface area contributed by atoms with Crippen molar-refractivity contribution in [1.29, 1.82) is 0 Å². The van der Waals surface area contributed by atoms with Crippen LogP contribution in [0.15, 0.2) is 196 Å². The highest BCUT2D eigenvalue weighted by Crippen LogP contribution is 2.41. The highest BCUT2D eigenvalue weighted by Gasteiger charge is 2.26. The van der Waals surface area contributed by atoms with E-state index in [-0.39, 0.29) is 5.92 Å². The third-order valence-electron chi connectivity index (χ3n) is 11.2. The number of aliphatic imine (C=N–C) groups is 2. The Balaban J connectivity index is 0.986. The Hall–Kier alpha value is -7.04. The van der Waals surface area contributed by atoms with Gasteiger partial charge in [-0.1, -0.05) is 164 Å². The van der Waals surface area contributed by atoms with Gasteiger partial charge in [0.25, 0.3) is 0 Å². The molecule has 4 heteroatoms. The predicted molar refractivity (Wildman–Crippen MR) is 229 cm³/mol. The fourth-order valence-corrected chi connectivity index (χ4v) is 8.44. The minimum atomic E-state index is -0.414. The van der Waals surface area contributed by atoms with Crippen molar-refractivity contribution in [3.05, 3.63) is 210 Å². The zero-order valence-electron chi connectivity index (χ0n) is 30.0. The second-order valence-corrected chi connectivity index (χ2v) is 14.5. The topological polar surface area (TPSA) is 49.9 Å². The smallest absolute Gasteiger partial charge is 0.169 e. The van der Waals surface area contributed by atoms with Gasteiger partial charge in [0.1, 0.15) is 22.8 Å². The number of rotatable bonds is 5. The van der Waals surface area contributed by atoms with Gasteiger partial charge in [-0.25, -0.2) is 9.98 Å². The fourth-order valence-electron chi connectivity index (χ4n) is 8.44. The van der Waals surface area contributed by atoms with Gasteiger partial charge in [0.2, 0.25) is 0 Å². The molecule has 260 valence electrons. The van der Waals surface area contributed by atoms with E-state index in [2.05, 4.69) is 163 Å². The Bertz CT molecular complexity index is 3110. The van der Waals surface area contributed by atoms with Crippen LogP contribution in [0, 0.1) is 0 Å². The molecule has 0 bridgehead atoms. The van der Waals surface area contributed by atoms with E-state index < -0.39 is 6.17 Å². The summed E-state index contributed by atoms with van der Waals surface area (Å²) >= 11 is 0. The molecule has 2 aliphatic rings. The van der Waals surface area contributed by atoms with Gasteiger partial charge in [-0.3, -0.25) is 0 Å². The van der Waals surface area contributed by atoms with Crippen LogP contribution >= 0.6 is 0 Å². The van der Waals surface area contributed by atoms with Crippen molar-refractivity contribution >= 4 is 71.5 Å². The SMILES string of the molecule is C1=CC(c2ccc(C3=NC(c4ccc5ccccc5c4)N=C(c4ccccc4)N3)c3c2oc2ccccc23)CC=C1c1ccc2c(ccc3ccccc32)c1. The number of hydrogen-bond donors (Lipinski definition) is 1. The lowest BCUT2D eigenvalue weighted by molar-refractivity contribution is 0.657. The third-order valence-corrected chi connectivity index (χ3v) is 11.2. The van der Waals surface area contributed by atoms with Crippen molar-refractivity contribution in [1.82, 2.24) is 5.32 Å². The molecular weight excluding hydrogens is 671 g/mol. The van der Waals surface area contributed by atoms with E-state index in [1.54, 1.807) is 0 Å². The van der Waals surface area contributed by atoms with Gasteiger partial charge in [0.05, 0.1) is 0 Å². The van der Waals surface area contributed by atoms with Crippen LogP contribution in [-0.4, -0.2) is 11.7 Å². The van der Waals surface area contributed by atoms with E-state index in [1.807, 2.05) is 24.3 Å². The Morgan fingerprint density at radius 3 is 2.15 bits per heavy atom. The minimum Gasteiger partial charge on any atom is -0.456 e. The average molecular weight is 706 g/mol. The van der Waals surface area contributed by atoms with Crippen LogP contribution < -0.4 is 5.32 Å². The first-order valence-electron chi connectivity index (χ1n) is 18.9. The standard InChI is InChI=1S/C51H35N3O/c1-2-12-36(13-3-1)49-52-50(40-25-20-32-10-4-5-14-37(32)31-40)54-51(53-49)45-29-28-43(48-47(45)44-16-8-9-17-46(44)55-48)35-21-18-33(19-22-35)38-26-27-42-39(30-38)24-23-34-11-6-7-15-41(34)42/h1-21,23-31,35,50H,22H2,(H,52,53,54). The number of hydrogen-bond acceptors (Lipinski definition) is 4. The molecular formula is C51H35N3O. The van der Waals surface area contributed by atoms with Crippen LogP contribution in [0.5, 0.6) is 0 Å². The zero-order chi connectivity index (χ0) is 36.3. The number of nitrogens with zero attached hydrogens (tertiary/aromatic N) is 2. The van der Waals surface area contributed by atoms with Gasteiger partial charge in [0.15, 0.2) is 6.17 Å². The summed E-state index contributed by atoms with van der Waals surface area (Å²) in [6.45, 7) is 0. The number of benzene rings is 8. The molecule has 0 saturated heterocycles. The van der Waals surface area contributed by atoms with Crippen LogP contribution in [0.25, 0.3) is 59.8 Å². The van der Waals surface area contributed by atoms with Crippen molar-refractivity contribution in [3.8, 4) is 0 Å². The fraction of sp³-hybridized carbons (Fsp3) is 0.0588. The summed E-state index contributed by atoms with van der Waals surface area (Å²) in [6.07, 6.45) is 7.46. The number of para-hydroxylation sites is 1. The van der Waals surface area contributed by atoms with Crippen LogP contribution in [0.3, 0.4) is 0 Å². The molecule has 1 aliphatic heterocycles. The van der Waals surface area contributed by atoms with Crippen molar-refractivity contribution < 1.29 is 4.42 Å². The lowest BCUT2D eigenvalue weighted by Crippen LogP contribution is -2.36. The number of amidine groups is 2. The van der Waals surface area contributed by atoms with E-state index in [4.69, 9.17) is 14.4 Å². The molecule has 4 nitrogen and oxygen atoms in total. The molecule has 11 rings (SSSR count). The van der Waals surface area contributed by atoms with Crippen molar-refractivity contribution in [2.24, 2.45) is 9.98 Å². The van der Waals surface area contributed by atoms with Crippen LogP contribution in [0.4, 0.5) is 0 Å². The van der Waals surface area contributed by atoms with Crippen molar-refractivity contribution in [2.45, 2.75) is 18.5 Å². The molecule has 1 aromatic heterocycles. The summed E-state index contributed by atoms with van der Waals surface area (Å²) in [4.78, 5) is 10.5. The maximum absolute atomic E-state index is 6.77. The summed E-state index contributed by atoms with van der Waals surface area (Å²) in [5, 5.41) is 13.3. The Kier molecular flexibility index (Phi) is 7.34. The number of fused-ring (bicyclic) bond motifs is 7. The van der Waals surface area contributed by atoms with E-state index in [1.165, 1.54) is 49.0 Å². The van der Waals surface area contributed by atoms with Crippen LogP contribution in [0.2, 0.25) is 0 Å². The highest BCUT2D eigenvalue weighted by molar-refractivity contribution is 6.24. The molecule has 0 saturated carbocycles. The maximum Gasteiger partial charge on any atom is 0.169 e. The van der Waals surface area contributed by atoms with Crippen molar-refractivity contribution in [3.63, 3.8) is 0 Å². The quantitative estimate of drug-likeness (QED) is 0.181. The first kappa shape index (κ1) is 31.5. The van der Waals surface area contributed by atoms with Crippen LogP contribution in [0.1, 0.15) is 46.3 Å². The van der Waals surface area contributed by atoms with Gasteiger partial charge in [-0.15, -0.1) is 0 Å². The summed E-state index contributed by atoms with van der Waals surface area (Å²) in [7, 11) is 0. The molecule has 1 aliphatic carbocycles. The van der Waals surface area contributed by atoms with Crippen molar-refractivity contribution in [2.75, 3.05) is 0 Å². The molecule has 9 aromatic rings. The number of furan rings is 1. The third kappa shape index (κ3) is 5.45. The highest BCUT2D eigenvalue weighted by atomic mass is 16.3. The maximum atomic E-state index is 6.77.